The maximum absolute atomic E-state index is 12.3. The van der Waals surface area contributed by atoms with E-state index < -0.39 is 0 Å². The van der Waals surface area contributed by atoms with E-state index in [1.165, 1.54) is 0 Å². The van der Waals surface area contributed by atoms with E-state index in [1.807, 2.05) is 12.1 Å². The number of carbonyl (C=O) groups excluding carboxylic acids is 2. The van der Waals surface area contributed by atoms with Crippen LogP contribution in [0.4, 0.5) is 0 Å². The number of benzene rings is 2. The van der Waals surface area contributed by atoms with Crippen LogP contribution < -0.4 is 10.6 Å². The molecular formula is C19H18N4O3. The molecule has 0 atom stereocenters. The smallest absolute Gasteiger partial charge is 0.257 e. The number of amides is 2. The molecule has 7 heteroatoms. The first-order valence-electron chi connectivity index (χ1n) is 8.07. The summed E-state index contributed by atoms with van der Waals surface area (Å²) in [5, 5.41) is 9.16. The number of hydrogen-bond donors (Lipinski definition) is 2. The van der Waals surface area contributed by atoms with Gasteiger partial charge in [0, 0.05) is 30.3 Å². The third-order valence-electron chi connectivity index (χ3n) is 3.82. The van der Waals surface area contributed by atoms with E-state index >= 15 is 0 Å². The molecule has 132 valence electrons. The van der Waals surface area contributed by atoms with Crippen LogP contribution in [0.5, 0.6) is 0 Å². The van der Waals surface area contributed by atoms with Gasteiger partial charge in [0.05, 0.1) is 0 Å². The van der Waals surface area contributed by atoms with Gasteiger partial charge in [0.25, 0.3) is 17.7 Å². The van der Waals surface area contributed by atoms with Crippen LogP contribution in [0.2, 0.25) is 0 Å². The number of hydrogen-bond acceptors (Lipinski definition) is 5. The van der Waals surface area contributed by atoms with Crippen molar-refractivity contribution in [1.82, 2.24) is 20.8 Å². The predicted molar refractivity (Wildman–Crippen MR) is 95.5 cm³/mol. The second-order valence-electron chi connectivity index (χ2n) is 5.68. The van der Waals surface area contributed by atoms with Crippen molar-refractivity contribution in [3.63, 3.8) is 0 Å². The first-order chi connectivity index (χ1) is 12.6. The Morgan fingerprint density at radius 2 is 1.58 bits per heavy atom. The summed E-state index contributed by atoms with van der Waals surface area (Å²) in [7, 11) is 1.58. The Labute approximate surface area is 150 Å². The molecule has 3 rings (SSSR count). The zero-order chi connectivity index (χ0) is 18.5. The molecule has 2 N–H and O–H groups in total. The fourth-order valence-corrected chi connectivity index (χ4v) is 2.38. The molecule has 3 aromatic rings. The highest BCUT2D eigenvalue weighted by Gasteiger charge is 2.09. The molecular weight excluding hydrogens is 332 g/mol. The number of aryl methyl sites for hydroxylation is 1. The molecule has 0 aliphatic rings. The van der Waals surface area contributed by atoms with Crippen LogP contribution in [0.3, 0.4) is 0 Å². The minimum Gasteiger partial charge on any atom is -0.355 e. The Kier molecular flexibility index (Phi) is 5.07. The van der Waals surface area contributed by atoms with Crippen molar-refractivity contribution in [2.45, 2.75) is 13.5 Å². The fourth-order valence-electron chi connectivity index (χ4n) is 2.38. The van der Waals surface area contributed by atoms with Crippen LogP contribution in [0.15, 0.2) is 53.1 Å². The standard InChI is InChI=1S/C19H18N4O3/c1-12-22-19(26-23-12)16-9-7-15(8-10-16)18(25)21-11-13-3-5-14(6-4-13)17(24)20-2/h3-10H,11H2,1-2H3,(H,20,24)(H,21,25). The van der Waals surface area contributed by atoms with Crippen molar-refractivity contribution < 1.29 is 14.1 Å². The summed E-state index contributed by atoms with van der Waals surface area (Å²) in [4.78, 5) is 27.9. The van der Waals surface area contributed by atoms with Crippen LogP contribution in [0.25, 0.3) is 11.5 Å². The van der Waals surface area contributed by atoms with Gasteiger partial charge in [-0.2, -0.15) is 4.98 Å². The van der Waals surface area contributed by atoms with Gasteiger partial charge < -0.3 is 15.2 Å². The summed E-state index contributed by atoms with van der Waals surface area (Å²) < 4.78 is 5.10. The van der Waals surface area contributed by atoms with Crippen molar-refractivity contribution in [3.8, 4) is 11.5 Å². The van der Waals surface area contributed by atoms with Gasteiger partial charge >= 0.3 is 0 Å². The molecule has 0 fully saturated rings. The molecule has 0 saturated heterocycles. The minimum absolute atomic E-state index is 0.142. The van der Waals surface area contributed by atoms with Crippen molar-refractivity contribution in [2.24, 2.45) is 0 Å². The molecule has 0 bridgehead atoms. The summed E-state index contributed by atoms with van der Waals surface area (Å²) in [5.41, 5.74) is 2.78. The van der Waals surface area contributed by atoms with Crippen LogP contribution >= 0.6 is 0 Å². The maximum atomic E-state index is 12.3. The van der Waals surface area contributed by atoms with Gasteiger partial charge in [0.15, 0.2) is 5.82 Å². The third-order valence-corrected chi connectivity index (χ3v) is 3.82. The van der Waals surface area contributed by atoms with E-state index in [4.69, 9.17) is 4.52 Å². The Bertz CT molecular complexity index is 915. The van der Waals surface area contributed by atoms with Crippen LogP contribution in [-0.4, -0.2) is 29.0 Å². The summed E-state index contributed by atoms with van der Waals surface area (Å²) >= 11 is 0. The second kappa shape index (κ2) is 7.60. The van der Waals surface area contributed by atoms with Crippen molar-refractivity contribution >= 4 is 11.8 Å². The van der Waals surface area contributed by atoms with Gasteiger partial charge in [-0.25, -0.2) is 0 Å². The van der Waals surface area contributed by atoms with Gasteiger partial charge in [-0.1, -0.05) is 17.3 Å². The van der Waals surface area contributed by atoms with E-state index in [-0.39, 0.29) is 11.8 Å². The van der Waals surface area contributed by atoms with Crippen LogP contribution in [0.1, 0.15) is 32.1 Å². The molecule has 0 saturated carbocycles. The molecule has 2 aromatic carbocycles. The SMILES string of the molecule is CNC(=O)c1ccc(CNC(=O)c2ccc(-c3nc(C)no3)cc2)cc1. The average Bonchev–Trinajstić information content (AvgIpc) is 3.12. The predicted octanol–water partition coefficient (Wildman–Crippen LogP) is 2.33. The second-order valence-corrected chi connectivity index (χ2v) is 5.68. The number of carbonyl (C=O) groups is 2. The first kappa shape index (κ1) is 17.3. The summed E-state index contributed by atoms with van der Waals surface area (Å²) in [6.45, 7) is 2.12. The van der Waals surface area contributed by atoms with E-state index in [1.54, 1.807) is 50.4 Å². The van der Waals surface area contributed by atoms with Crippen molar-refractivity contribution in [1.29, 1.82) is 0 Å². The van der Waals surface area contributed by atoms with Gasteiger partial charge in [0.2, 0.25) is 0 Å². The summed E-state index contributed by atoms with van der Waals surface area (Å²) in [6.07, 6.45) is 0. The molecule has 7 nitrogen and oxygen atoms in total. The Morgan fingerprint density at radius 1 is 0.962 bits per heavy atom. The van der Waals surface area contributed by atoms with E-state index in [0.29, 0.717) is 29.4 Å². The fraction of sp³-hybridized carbons (Fsp3) is 0.158. The third kappa shape index (κ3) is 3.94. The lowest BCUT2D eigenvalue weighted by Crippen LogP contribution is -2.23. The lowest BCUT2D eigenvalue weighted by Gasteiger charge is -2.07. The number of nitrogens with one attached hydrogen (secondary N) is 2. The van der Waals surface area contributed by atoms with Gasteiger partial charge in [-0.15, -0.1) is 0 Å². The van der Waals surface area contributed by atoms with Gasteiger partial charge in [-0.05, 0) is 48.9 Å². The monoisotopic (exact) mass is 350 g/mol. The van der Waals surface area contributed by atoms with Crippen LogP contribution in [0, 0.1) is 6.92 Å². The summed E-state index contributed by atoms with van der Waals surface area (Å²) in [6, 6.07) is 14.0. The topological polar surface area (TPSA) is 97.1 Å². The van der Waals surface area contributed by atoms with Crippen LogP contribution in [-0.2, 0) is 6.54 Å². The molecule has 0 aliphatic heterocycles. The maximum Gasteiger partial charge on any atom is 0.257 e. The Morgan fingerprint density at radius 3 is 2.15 bits per heavy atom. The highest BCUT2D eigenvalue weighted by molar-refractivity contribution is 5.95. The van der Waals surface area contributed by atoms with Gasteiger partial charge in [-0.3, -0.25) is 9.59 Å². The molecule has 26 heavy (non-hydrogen) atoms. The highest BCUT2D eigenvalue weighted by atomic mass is 16.5. The number of nitrogens with zero attached hydrogens (tertiary/aromatic N) is 2. The molecule has 1 aromatic heterocycles. The van der Waals surface area contributed by atoms with Crippen molar-refractivity contribution in [3.05, 3.63) is 71.0 Å². The normalized spacial score (nSPS) is 10.4. The Hall–Kier alpha value is -3.48. The number of aromatic nitrogens is 2. The molecule has 0 radical (unpaired) electrons. The molecule has 0 spiro atoms. The lowest BCUT2D eigenvalue weighted by atomic mass is 10.1. The molecule has 1 heterocycles. The first-order valence-corrected chi connectivity index (χ1v) is 8.07. The molecule has 0 aliphatic carbocycles. The van der Waals surface area contributed by atoms with Crippen molar-refractivity contribution in [2.75, 3.05) is 7.05 Å². The Balaban J connectivity index is 1.60. The molecule has 2 amide bonds. The zero-order valence-corrected chi connectivity index (χ0v) is 14.4. The van der Waals surface area contributed by atoms with E-state index in [2.05, 4.69) is 20.8 Å². The quantitative estimate of drug-likeness (QED) is 0.736. The number of rotatable bonds is 5. The van der Waals surface area contributed by atoms with E-state index in [0.717, 1.165) is 11.1 Å². The zero-order valence-electron chi connectivity index (χ0n) is 14.4. The average molecular weight is 350 g/mol. The largest absolute Gasteiger partial charge is 0.355 e. The highest BCUT2D eigenvalue weighted by Crippen LogP contribution is 2.17. The lowest BCUT2D eigenvalue weighted by molar-refractivity contribution is 0.0946. The molecule has 0 unspecified atom stereocenters. The van der Waals surface area contributed by atoms with E-state index in [9.17, 15) is 9.59 Å². The summed E-state index contributed by atoms with van der Waals surface area (Å²) in [5.74, 6) is 0.653. The minimum atomic E-state index is -0.186. The van der Waals surface area contributed by atoms with Gasteiger partial charge in [0.1, 0.15) is 0 Å².